The van der Waals surface area contributed by atoms with E-state index in [-0.39, 0.29) is 12.2 Å². The highest BCUT2D eigenvalue weighted by atomic mass is 79.9. The van der Waals surface area contributed by atoms with Crippen LogP contribution in [0.5, 0.6) is 0 Å². The van der Waals surface area contributed by atoms with Crippen LogP contribution in [-0.2, 0) is 9.53 Å². The van der Waals surface area contributed by atoms with E-state index in [9.17, 15) is 9.59 Å². The molecule has 3 aromatic rings. The Kier molecular flexibility index (Phi) is 5.38. The summed E-state index contributed by atoms with van der Waals surface area (Å²) in [7, 11) is 0. The first-order chi connectivity index (χ1) is 14.0. The number of hydrogen-bond acceptors (Lipinski definition) is 5. The van der Waals surface area contributed by atoms with Crippen LogP contribution in [0.4, 0.5) is 0 Å². The number of H-pyrrole nitrogens is 1. The molecule has 148 valence electrons. The summed E-state index contributed by atoms with van der Waals surface area (Å²) in [5.74, 6) is -0.458. The van der Waals surface area contributed by atoms with Gasteiger partial charge in [-0.2, -0.15) is 0 Å². The smallest absolute Gasteiger partial charge is 0.338 e. The Labute approximate surface area is 179 Å². The average Bonchev–Trinajstić information content (AvgIpc) is 3.30. The van der Waals surface area contributed by atoms with E-state index >= 15 is 0 Å². The predicted octanol–water partition coefficient (Wildman–Crippen LogP) is 2.89. The first-order valence-electron chi connectivity index (χ1n) is 9.08. The lowest BCUT2D eigenvalue weighted by atomic mass is 9.96. The number of hydrogen-bond donors (Lipinski definition) is 1. The van der Waals surface area contributed by atoms with E-state index in [1.807, 2.05) is 36.4 Å². The zero-order chi connectivity index (χ0) is 20.5. The van der Waals surface area contributed by atoms with E-state index in [0.29, 0.717) is 20.6 Å². The Morgan fingerprint density at radius 3 is 2.76 bits per heavy atom. The summed E-state index contributed by atoms with van der Waals surface area (Å²) < 4.78 is 8.33. The van der Waals surface area contributed by atoms with Crippen molar-refractivity contribution in [2.75, 3.05) is 6.61 Å². The molecule has 3 heterocycles. The van der Waals surface area contributed by atoms with Gasteiger partial charge in [0.25, 0.3) is 5.56 Å². The van der Waals surface area contributed by atoms with Crippen LogP contribution in [0.3, 0.4) is 0 Å². The van der Waals surface area contributed by atoms with E-state index in [2.05, 4.69) is 25.9 Å². The summed E-state index contributed by atoms with van der Waals surface area (Å²) in [6.07, 6.45) is 3.60. The third-order valence-corrected chi connectivity index (χ3v) is 6.12. The molecule has 1 unspecified atom stereocenters. The fraction of sp³-hybridized carbons (Fsp3) is 0.190. The number of aromatic nitrogens is 2. The molecule has 2 aromatic heterocycles. The van der Waals surface area contributed by atoms with Gasteiger partial charge in [-0.3, -0.25) is 9.36 Å². The van der Waals surface area contributed by atoms with E-state index in [1.54, 1.807) is 30.7 Å². The summed E-state index contributed by atoms with van der Waals surface area (Å²) >= 11 is 4.74. The van der Waals surface area contributed by atoms with Gasteiger partial charge in [-0.25, -0.2) is 9.79 Å². The number of rotatable bonds is 4. The number of ether oxygens (including phenoxy) is 1. The lowest BCUT2D eigenvalue weighted by Gasteiger charge is -2.24. The zero-order valence-corrected chi connectivity index (χ0v) is 18.2. The van der Waals surface area contributed by atoms with Crippen molar-refractivity contribution in [1.82, 2.24) is 9.55 Å². The van der Waals surface area contributed by atoms with Crippen LogP contribution < -0.4 is 14.9 Å². The van der Waals surface area contributed by atoms with Crippen molar-refractivity contribution in [3.63, 3.8) is 0 Å². The number of halogens is 1. The number of allylic oxidation sites excluding steroid dienone is 1. The van der Waals surface area contributed by atoms with E-state index < -0.39 is 12.0 Å². The lowest BCUT2D eigenvalue weighted by molar-refractivity contribution is -0.139. The van der Waals surface area contributed by atoms with Gasteiger partial charge >= 0.3 is 5.97 Å². The molecular weight excluding hydrogens is 454 g/mol. The molecule has 0 radical (unpaired) electrons. The van der Waals surface area contributed by atoms with Crippen molar-refractivity contribution >= 4 is 39.3 Å². The number of nitrogens with zero attached hydrogens (tertiary/aromatic N) is 2. The number of fused-ring (bicyclic) bond motifs is 1. The minimum atomic E-state index is -0.593. The van der Waals surface area contributed by atoms with Crippen LogP contribution in [0, 0.1) is 0 Å². The second kappa shape index (κ2) is 7.96. The van der Waals surface area contributed by atoms with Gasteiger partial charge in [0, 0.05) is 16.4 Å². The van der Waals surface area contributed by atoms with Crippen molar-refractivity contribution in [1.29, 1.82) is 0 Å². The van der Waals surface area contributed by atoms with Gasteiger partial charge < -0.3 is 9.72 Å². The molecule has 0 spiro atoms. The van der Waals surface area contributed by atoms with Gasteiger partial charge in [0.15, 0.2) is 4.80 Å². The Morgan fingerprint density at radius 1 is 1.34 bits per heavy atom. The van der Waals surface area contributed by atoms with Gasteiger partial charge in [-0.15, -0.1) is 0 Å². The number of nitrogens with one attached hydrogen (secondary N) is 1. The minimum absolute atomic E-state index is 0.189. The molecule has 1 atom stereocenters. The summed E-state index contributed by atoms with van der Waals surface area (Å²) in [6, 6.07) is 10.7. The van der Waals surface area contributed by atoms with Crippen LogP contribution in [0.15, 0.2) is 68.1 Å². The Bertz CT molecular complexity index is 1270. The Balaban J connectivity index is 1.97. The number of carbonyl (C=O) groups excluding carboxylic acids is 1. The van der Waals surface area contributed by atoms with E-state index in [4.69, 9.17) is 4.74 Å². The maximum Gasteiger partial charge on any atom is 0.338 e. The van der Waals surface area contributed by atoms with Crippen molar-refractivity contribution in [2.24, 2.45) is 4.99 Å². The molecule has 1 aliphatic rings. The molecule has 1 N–H and O–H groups in total. The fourth-order valence-corrected chi connectivity index (χ4v) is 4.63. The summed E-state index contributed by atoms with van der Waals surface area (Å²) in [6.45, 7) is 3.79. The second-order valence-electron chi connectivity index (χ2n) is 6.48. The predicted molar refractivity (Wildman–Crippen MR) is 115 cm³/mol. The molecule has 0 bridgehead atoms. The SMILES string of the molecule is CCOC(=O)C1=C(C)N=c2s/c(=C/c3ccc[nH]3)c(=O)n2C1c1ccc(Br)cc1. The summed E-state index contributed by atoms with van der Waals surface area (Å²) in [4.78, 5) is 34.3. The molecule has 1 aromatic carbocycles. The first kappa shape index (κ1) is 19.6. The molecular formula is C21H18BrN3O3S. The standard InChI is InChI=1S/C21H18BrN3O3S/c1-3-28-20(27)17-12(2)24-21-25(18(17)13-6-8-14(22)9-7-13)19(26)16(29-21)11-15-5-4-10-23-15/h4-11,18,23H,3H2,1-2H3/b16-11+. The quantitative estimate of drug-likeness (QED) is 0.594. The van der Waals surface area contributed by atoms with Crippen LogP contribution in [-0.4, -0.2) is 22.1 Å². The van der Waals surface area contributed by atoms with Crippen molar-refractivity contribution in [3.05, 3.63) is 89.3 Å². The topological polar surface area (TPSA) is 76.4 Å². The first-order valence-corrected chi connectivity index (χ1v) is 10.7. The molecule has 29 heavy (non-hydrogen) atoms. The maximum atomic E-state index is 13.3. The van der Waals surface area contributed by atoms with Gasteiger partial charge in [-0.1, -0.05) is 39.4 Å². The highest BCUT2D eigenvalue weighted by Gasteiger charge is 2.33. The average molecular weight is 472 g/mol. The van der Waals surface area contributed by atoms with Crippen molar-refractivity contribution in [3.8, 4) is 0 Å². The summed E-state index contributed by atoms with van der Waals surface area (Å²) in [5, 5.41) is 0. The number of thiazole rings is 1. The molecule has 0 saturated heterocycles. The highest BCUT2D eigenvalue weighted by molar-refractivity contribution is 9.10. The van der Waals surface area contributed by atoms with Crippen LogP contribution in [0.2, 0.25) is 0 Å². The molecule has 4 rings (SSSR count). The lowest BCUT2D eigenvalue weighted by Crippen LogP contribution is -2.39. The minimum Gasteiger partial charge on any atom is -0.463 e. The second-order valence-corrected chi connectivity index (χ2v) is 8.40. The molecule has 6 nitrogen and oxygen atoms in total. The molecule has 0 fully saturated rings. The Morgan fingerprint density at radius 2 is 2.10 bits per heavy atom. The summed E-state index contributed by atoms with van der Waals surface area (Å²) in [5.41, 5.74) is 2.40. The van der Waals surface area contributed by atoms with Crippen LogP contribution >= 0.6 is 27.3 Å². The molecule has 0 saturated carbocycles. The Hall–Kier alpha value is -2.71. The monoisotopic (exact) mass is 471 g/mol. The number of benzene rings is 1. The third-order valence-electron chi connectivity index (χ3n) is 4.61. The number of carbonyl (C=O) groups is 1. The molecule has 0 aliphatic carbocycles. The van der Waals surface area contributed by atoms with Gasteiger partial charge in [0.1, 0.15) is 0 Å². The highest BCUT2D eigenvalue weighted by Crippen LogP contribution is 2.31. The van der Waals surface area contributed by atoms with E-state index in [1.165, 1.54) is 11.3 Å². The van der Waals surface area contributed by atoms with Gasteiger partial charge in [0.05, 0.1) is 28.5 Å². The fourth-order valence-electron chi connectivity index (χ4n) is 3.33. The molecule has 1 aliphatic heterocycles. The van der Waals surface area contributed by atoms with Crippen LogP contribution in [0.25, 0.3) is 6.08 Å². The van der Waals surface area contributed by atoms with E-state index in [0.717, 1.165) is 15.7 Å². The zero-order valence-electron chi connectivity index (χ0n) is 15.8. The molecule has 8 heteroatoms. The van der Waals surface area contributed by atoms with Gasteiger partial charge in [-0.05, 0) is 49.8 Å². The van der Waals surface area contributed by atoms with Crippen LogP contribution in [0.1, 0.15) is 31.1 Å². The number of aromatic amines is 1. The number of esters is 1. The largest absolute Gasteiger partial charge is 0.463 e. The third kappa shape index (κ3) is 3.65. The molecule has 0 amide bonds. The van der Waals surface area contributed by atoms with Gasteiger partial charge in [0.2, 0.25) is 0 Å². The van der Waals surface area contributed by atoms with Crippen molar-refractivity contribution in [2.45, 2.75) is 19.9 Å². The maximum absolute atomic E-state index is 13.3. The van der Waals surface area contributed by atoms with Crippen molar-refractivity contribution < 1.29 is 9.53 Å². The normalized spacial score (nSPS) is 16.5.